The van der Waals surface area contributed by atoms with Crippen LogP contribution >= 0.6 is 0 Å². The zero-order chi connectivity index (χ0) is 25.0. The topological polar surface area (TPSA) is 99.5 Å². The fourth-order valence-electron chi connectivity index (χ4n) is 3.86. The minimum atomic E-state index is -0.827. The lowest BCUT2D eigenvalue weighted by Crippen LogP contribution is -2.35. The zero-order valence-electron chi connectivity index (χ0n) is 20.2. The molecule has 1 amide bonds. The van der Waals surface area contributed by atoms with Crippen LogP contribution in [0.3, 0.4) is 0 Å². The number of phenols is 1. The van der Waals surface area contributed by atoms with Crippen LogP contribution in [0.2, 0.25) is 0 Å². The van der Waals surface area contributed by atoms with Gasteiger partial charge in [-0.15, -0.1) is 0 Å². The van der Waals surface area contributed by atoms with Gasteiger partial charge in [0.1, 0.15) is 11.5 Å². The van der Waals surface area contributed by atoms with Crippen molar-refractivity contribution in [1.82, 2.24) is 9.80 Å². The van der Waals surface area contributed by atoms with E-state index in [1.807, 2.05) is 32.8 Å². The lowest BCUT2D eigenvalue weighted by atomic mass is 9.95. The van der Waals surface area contributed by atoms with E-state index >= 15 is 0 Å². The summed E-state index contributed by atoms with van der Waals surface area (Å²) in [6, 6.07) is 10.6. The standard InChI is InChI=1S/C26H32N2O6/c1-6-33-21-15-18(9-12-20(21)29)23-22(25(31)26(32)28(23)14-13-27(4)5)24(30)17-7-10-19(11-8-17)34-16(2)3/h7-12,15-16,23,29-30H,6,13-14H2,1-5H3. The van der Waals surface area contributed by atoms with Gasteiger partial charge in [-0.05, 0) is 76.8 Å². The van der Waals surface area contributed by atoms with Gasteiger partial charge in [-0.25, -0.2) is 0 Å². The Bertz CT molecular complexity index is 1080. The second kappa shape index (κ2) is 10.6. The lowest BCUT2D eigenvalue weighted by Gasteiger charge is -2.27. The number of carbonyl (C=O) groups excluding carboxylic acids is 2. The van der Waals surface area contributed by atoms with E-state index in [4.69, 9.17) is 9.47 Å². The van der Waals surface area contributed by atoms with Crippen LogP contribution in [0.25, 0.3) is 5.76 Å². The number of carbonyl (C=O) groups is 2. The van der Waals surface area contributed by atoms with Gasteiger partial charge in [-0.1, -0.05) is 6.07 Å². The molecule has 0 aromatic heterocycles. The molecular weight excluding hydrogens is 436 g/mol. The molecule has 1 atom stereocenters. The number of phenolic OH excluding ortho intramolecular Hbond substituents is 1. The van der Waals surface area contributed by atoms with Crippen molar-refractivity contribution in [3.63, 3.8) is 0 Å². The van der Waals surface area contributed by atoms with Crippen molar-refractivity contribution in [2.75, 3.05) is 33.8 Å². The number of aliphatic hydroxyl groups is 1. The predicted octanol–water partition coefficient (Wildman–Crippen LogP) is 3.56. The maximum Gasteiger partial charge on any atom is 0.295 e. The van der Waals surface area contributed by atoms with Crippen molar-refractivity contribution in [2.45, 2.75) is 32.9 Å². The van der Waals surface area contributed by atoms with Gasteiger partial charge in [-0.2, -0.15) is 0 Å². The summed E-state index contributed by atoms with van der Waals surface area (Å²) in [6.45, 7) is 6.77. The predicted molar refractivity (Wildman–Crippen MR) is 129 cm³/mol. The number of likely N-dealkylation sites (N-methyl/N-ethyl adjacent to an activating group) is 1. The van der Waals surface area contributed by atoms with Gasteiger partial charge in [0.15, 0.2) is 11.5 Å². The first-order valence-corrected chi connectivity index (χ1v) is 11.3. The molecule has 182 valence electrons. The van der Waals surface area contributed by atoms with Crippen molar-refractivity contribution in [1.29, 1.82) is 0 Å². The lowest BCUT2D eigenvalue weighted by molar-refractivity contribution is -0.140. The van der Waals surface area contributed by atoms with Gasteiger partial charge in [0.05, 0.1) is 24.3 Å². The minimum Gasteiger partial charge on any atom is -0.507 e. The van der Waals surface area contributed by atoms with Crippen LogP contribution in [-0.2, 0) is 9.59 Å². The number of hydrogen-bond donors (Lipinski definition) is 2. The maximum atomic E-state index is 13.1. The third-order valence-electron chi connectivity index (χ3n) is 5.43. The largest absolute Gasteiger partial charge is 0.507 e. The molecule has 0 radical (unpaired) electrons. The minimum absolute atomic E-state index is 0.00417. The Labute approximate surface area is 200 Å². The molecule has 0 bridgehead atoms. The molecule has 2 N–H and O–H groups in total. The quantitative estimate of drug-likeness (QED) is 0.330. The molecule has 1 fully saturated rings. The van der Waals surface area contributed by atoms with E-state index in [2.05, 4.69) is 0 Å². The summed E-state index contributed by atoms with van der Waals surface area (Å²) in [6.07, 6.45) is -0.00417. The number of aromatic hydroxyl groups is 1. The van der Waals surface area contributed by atoms with Crippen molar-refractivity contribution in [3.05, 3.63) is 59.2 Å². The summed E-state index contributed by atoms with van der Waals surface area (Å²) < 4.78 is 11.2. The van der Waals surface area contributed by atoms with E-state index in [1.165, 1.54) is 11.0 Å². The molecule has 1 saturated heterocycles. The van der Waals surface area contributed by atoms with E-state index in [0.717, 1.165) is 0 Å². The fourth-order valence-corrected chi connectivity index (χ4v) is 3.86. The number of ketones is 1. The van der Waals surface area contributed by atoms with Crippen molar-refractivity contribution >= 4 is 17.4 Å². The van der Waals surface area contributed by atoms with E-state index in [9.17, 15) is 19.8 Å². The molecule has 1 heterocycles. The van der Waals surface area contributed by atoms with Crippen LogP contribution in [0, 0.1) is 0 Å². The van der Waals surface area contributed by atoms with Gasteiger partial charge in [0.25, 0.3) is 11.7 Å². The SMILES string of the molecule is CCOc1cc(C2C(=C(O)c3ccc(OC(C)C)cc3)C(=O)C(=O)N2CCN(C)C)ccc1O. The Morgan fingerprint density at radius 1 is 1.12 bits per heavy atom. The Balaban J connectivity index is 2.11. The third-order valence-corrected chi connectivity index (χ3v) is 5.43. The second-order valence-electron chi connectivity index (χ2n) is 8.65. The number of Topliss-reactive ketones (excluding diaryl/α,β-unsaturated/α-hetero) is 1. The summed E-state index contributed by atoms with van der Waals surface area (Å²) in [5.74, 6) is -0.869. The first-order chi connectivity index (χ1) is 16.1. The number of nitrogens with zero attached hydrogens (tertiary/aromatic N) is 2. The van der Waals surface area contributed by atoms with Crippen LogP contribution in [0.1, 0.15) is 37.9 Å². The summed E-state index contributed by atoms with van der Waals surface area (Å²) in [5, 5.41) is 21.3. The summed E-state index contributed by atoms with van der Waals surface area (Å²) >= 11 is 0. The van der Waals surface area contributed by atoms with Gasteiger partial charge in [0, 0.05) is 18.7 Å². The molecular formula is C26H32N2O6. The van der Waals surface area contributed by atoms with Crippen LogP contribution in [-0.4, -0.2) is 71.6 Å². The Morgan fingerprint density at radius 2 is 1.79 bits per heavy atom. The highest BCUT2D eigenvalue weighted by Gasteiger charge is 2.46. The molecule has 34 heavy (non-hydrogen) atoms. The van der Waals surface area contributed by atoms with Gasteiger partial charge >= 0.3 is 0 Å². The van der Waals surface area contributed by atoms with Crippen molar-refractivity contribution < 1.29 is 29.3 Å². The number of amides is 1. The Morgan fingerprint density at radius 3 is 2.38 bits per heavy atom. The summed E-state index contributed by atoms with van der Waals surface area (Å²) in [7, 11) is 3.75. The van der Waals surface area contributed by atoms with E-state index in [0.29, 0.717) is 30.0 Å². The van der Waals surface area contributed by atoms with Crippen molar-refractivity contribution in [3.8, 4) is 17.2 Å². The van der Waals surface area contributed by atoms with E-state index in [1.54, 1.807) is 43.3 Å². The first-order valence-electron chi connectivity index (χ1n) is 11.3. The first kappa shape index (κ1) is 25.1. The van der Waals surface area contributed by atoms with Gasteiger partial charge in [-0.3, -0.25) is 9.59 Å². The molecule has 3 rings (SSSR count). The van der Waals surface area contributed by atoms with E-state index in [-0.39, 0.29) is 35.5 Å². The summed E-state index contributed by atoms with van der Waals surface area (Å²) in [5.41, 5.74) is 0.950. The number of aliphatic hydroxyl groups excluding tert-OH is 1. The normalized spacial score (nSPS) is 17.6. The van der Waals surface area contributed by atoms with Crippen LogP contribution in [0.15, 0.2) is 48.0 Å². The molecule has 0 aliphatic carbocycles. The number of rotatable bonds is 9. The second-order valence-corrected chi connectivity index (χ2v) is 8.65. The van der Waals surface area contributed by atoms with Crippen molar-refractivity contribution in [2.24, 2.45) is 0 Å². The highest BCUT2D eigenvalue weighted by atomic mass is 16.5. The van der Waals surface area contributed by atoms with Gasteiger partial charge < -0.3 is 29.5 Å². The molecule has 0 spiro atoms. The van der Waals surface area contributed by atoms with E-state index < -0.39 is 17.7 Å². The molecule has 8 heteroatoms. The smallest absolute Gasteiger partial charge is 0.295 e. The highest BCUT2D eigenvalue weighted by molar-refractivity contribution is 6.46. The molecule has 1 unspecified atom stereocenters. The fraction of sp³-hybridized carbons (Fsp3) is 0.385. The maximum absolute atomic E-state index is 13.1. The molecule has 8 nitrogen and oxygen atoms in total. The number of hydrogen-bond acceptors (Lipinski definition) is 7. The zero-order valence-corrected chi connectivity index (χ0v) is 20.2. The third kappa shape index (κ3) is 5.34. The van der Waals surface area contributed by atoms with Crippen LogP contribution in [0.5, 0.6) is 17.2 Å². The number of benzene rings is 2. The van der Waals surface area contributed by atoms with Crippen LogP contribution < -0.4 is 9.47 Å². The molecule has 0 saturated carbocycles. The van der Waals surface area contributed by atoms with Crippen LogP contribution in [0.4, 0.5) is 0 Å². The number of ether oxygens (including phenoxy) is 2. The molecule has 1 aliphatic heterocycles. The highest BCUT2D eigenvalue weighted by Crippen LogP contribution is 2.41. The average molecular weight is 469 g/mol. The molecule has 2 aromatic rings. The molecule has 2 aromatic carbocycles. The van der Waals surface area contributed by atoms with Gasteiger partial charge in [0.2, 0.25) is 0 Å². The monoisotopic (exact) mass is 468 g/mol. The Hall–Kier alpha value is -3.52. The molecule has 1 aliphatic rings. The number of likely N-dealkylation sites (tertiary alicyclic amines) is 1. The average Bonchev–Trinajstić information content (AvgIpc) is 3.03. The summed E-state index contributed by atoms with van der Waals surface area (Å²) in [4.78, 5) is 29.5. The Kier molecular flexibility index (Phi) is 7.83.